The fourth-order valence-corrected chi connectivity index (χ4v) is 1.64. The molecule has 2 N–H and O–H groups in total. The first-order valence-corrected chi connectivity index (χ1v) is 6.19. The van der Waals surface area contributed by atoms with Crippen LogP contribution in [0.15, 0.2) is 24.3 Å². The van der Waals surface area contributed by atoms with Gasteiger partial charge in [-0.25, -0.2) is 0 Å². The molecule has 1 aliphatic carbocycles. The fourth-order valence-electron chi connectivity index (χ4n) is 1.64. The second-order valence-corrected chi connectivity index (χ2v) is 4.53. The van der Waals surface area contributed by atoms with Gasteiger partial charge < -0.3 is 15.4 Å². The Bertz CT molecular complexity index is 425. The Morgan fingerprint density at radius 2 is 1.95 bits per heavy atom. The molecule has 1 aromatic rings. The molecule has 0 aliphatic heterocycles. The standard InChI is InChI=1S/C13H16F2N2O2.ClH/c14-13(15)19-11-5-3-10(4-6-11)17-12(18)8-16-7-9-1-2-9;/h3-6,9,13,16H,1-2,7-8H2,(H,17,18);1H. The van der Waals surface area contributed by atoms with E-state index in [9.17, 15) is 13.6 Å². The van der Waals surface area contributed by atoms with Gasteiger partial charge in [0.1, 0.15) is 5.75 Å². The van der Waals surface area contributed by atoms with Crippen LogP contribution in [-0.2, 0) is 4.79 Å². The number of hydrogen-bond donors (Lipinski definition) is 2. The molecular formula is C13H17ClF2N2O2. The average molecular weight is 307 g/mol. The first-order chi connectivity index (χ1) is 9.13. The van der Waals surface area contributed by atoms with E-state index in [0.717, 1.165) is 12.5 Å². The van der Waals surface area contributed by atoms with Gasteiger partial charge in [-0.3, -0.25) is 4.79 Å². The van der Waals surface area contributed by atoms with Gasteiger partial charge in [0.15, 0.2) is 0 Å². The van der Waals surface area contributed by atoms with Crippen LogP contribution in [0.5, 0.6) is 5.75 Å². The molecule has 2 rings (SSSR count). The minimum Gasteiger partial charge on any atom is -0.435 e. The quantitative estimate of drug-likeness (QED) is 0.814. The number of anilines is 1. The van der Waals surface area contributed by atoms with Crippen LogP contribution in [0.3, 0.4) is 0 Å². The van der Waals surface area contributed by atoms with Crippen LogP contribution in [0.2, 0.25) is 0 Å². The Balaban J connectivity index is 0.00000200. The number of nitrogens with one attached hydrogen (secondary N) is 2. The van der Waals surface area contributed by atoms with Gasteiger partial charge in [0.25, 0.3) is 0 Å². The lowest BCUT2D eigenvalue weighted by Gasteiger charge is -2.08. The number of carbonyl (C=O) groups excluding carboxylic acids is 1. The van der Waals surface area contributed by atoms with Crippen molar-refractivity contribution >= 4 is 24.0 Å². The van der Waals surface area contributed by atoms with Crippen molar-refractivity contribution < 1.29 is 18.3 Å². The lowest BCUT2D eigenvalue weighted by atomic mass is 10.3. The summed E-state index contributed by atoms with van der Waals surface area (Å²) in [6, 6.07) is 5.83. The molecule has 0 radical (unpaired) electrons. The zero-order valence-corrected chi connectivity index (χ0v) is 11.6. The van der Waals surface area contributed by atoms with Crippen molar-refractivity contribution in [1.82, 2.24) is 5.32 Å². The van der Waals surface area contributed by atoms with Gasteiger partial charge in [-0.05, 0) is 49.6 Å². The molecule has 1 aromatic carbocycles. The SMILES string of the molecule is Cl.O=C(CNCC1CC1)Nc1ccc(OC(F)F)cc1. The van der Waals surface area contributed by atoms with Crippen LogP contribution in [0.4, 0.5) is 14.5 Å². The molecule has 7 heteroatoms. The molecule has 1 fully saturated rings. The topological polar surface area (TPSA) is 50.4 Å². The summed E-state index contributed by atoms with van der Waals surface area (Å²) in [6.45, 7) is -1.72. The number of carbonyl (C=O) groups is 1. The van der Waals surface area contributed by atoms with Crippen LogP contribution >= 0.6 is 12.4 Å². The van der Waals surface area contributed by atoms with E-state index >= 15 is 0 Å². The molecule has 112 valence electrons. The Labute approximate surface area is 122 Å². The minimum atomic E-state index is -2.84. The Morgan fingerprint density at radius 1 is 1.30 bits per heavy atom. The number of amides is 1. The van der Waals surface area contributed by atoms with E-state index < -0.39 is 6.61 Å². The van der Waals surface area contributed by atoms with Crippen LogP contribution in [0.25, 0.3) is 0 Å². The summed E-state index contributed by atoms with van der Waals surface area (Å²) in [5.74, 6) is 0.640. The molecule has 0 saturated heterocycles. The number of benzene rings is 1. The monoisotopic (exact) mass is 306 g/mol. The zero-order valence-electron chi connectivity index (χ0n) is 10.8. The zero-order chi connectivity index (χ0) is 13.7. The molecule has 0 aromatic heterocycles. The second kappa shape index (κ2) is 8.01. The molecular weight excluding hydrogens is 290 g/mol. The van der Waals surface area contributed by atoms with Gasteiger partial charge in [0, 0.05) is 5.69 Å². The molecule has 0 spiro atoms. The Kier molecular flexibility index (Phi) is 6.67. The van der Waals surface area contributed by atoms with E-state index in [1.165, 1.54) is 37.1 Å². The second-order valence-electron chi connectivity index (χ2n) is 4.53. The van der Waals surface area contributed by atoms with Crippen molar-refractivity contribution in [3.05, 3.63) is 24.3 Å². The third-order valence-electron chi connectivity index (χ3n) is 2.78. The van der Waals surface area contributed by atoms with Gasteiger partial charge >= 0.3 is 6.61 Å². The Hall–Kier alpha value is -1.40. The summed E-state index contributed by atoms with van der Waals surface area (Å²) in [4.78, 5) is 11.6. The lowest BCUT2D eigenvalue weighted by Crippen LogP contribution is -2.29. The number of ether oxygens (including phenoxy) is 1. The molecule has 0 atom stereocenters. The van der Waals surface area contributed by atoms with E-state index in [0.29, 0.717) is 5.69 Å². The number of hydrogen-bond acceptors (Lipinski definition) is 3. The summed E-state index contributed by atoms with van der Waals surface area (Å²) in [5, 5.41) is 5.74. The average Bonchev–Trinajstić information content (AvgIpc) is 3.15. The molecule has 1 aliphatic rings. The summed E-state index contributed by atoms with van der Waals surface area (Å²) < 4.78 is 28.1. The van der Waals surface area contributed by atoms with E-state index in [1.54, 1.807) is 0 Å². The van der Waals surface area contributed by atoms with Crippen molar-refractivity contribution in [2.75, 3.05) is 18.4 Å². The number of rotatable bonds is 7. The normalized spacial score (nSPS) is 13.8. The molecule has 1 amide bonds. The molecule has 1 saturated carbocycles. The number of halogens is 3. The van der Waals surface area contributed by atoms with Crippen LogP contribution in [0, 0.1) is 5.92 Å². The van der Waals surface area contributed by atoms with Crippen LogP contribution in [0.1, 0.15) is 12.8 Å². The van der Waals surface area contributed by atoms with Gasteiger partial charge in [-0.1, -0.05) is 0 Å². The minimum absolute atomic E-state index is 0. The van der Waals surface area contributed by atoms with Gasteiger partial charge in [0.2, 0.25) is 5.91 Å². The highest BCUT2D eigenvalue weighted by Crippen LogP contribution is 2.27. The molecule has 0 unspecified atom stereocenters. The summed E-state index contributed by atoms with van der Waals surface area (Å²) in [5.41, 5.74) is 0.555. The highest BCUT2D eigenvalue weighted by Gasteiger charge is 2.20. The maximum atomic E-state index is 11.9. The predicted octanol–water partition coefficient (Wildman–Crippen LogP) is 2.65. The van der Waals surface area contributed by atoms with E-state index in [4.69, 9.17) is 0 Å². The van der Waals surface area contributed by atoms with Crippen molar-refractivity contribution in [1.29, 1.82) is 0 Å². The maximum absolute atomic E-state index is 11.9. The maximum Gasteiger partial charge on any atom is 0.387 e. The van der Waals surface area contributed by atoms with E-state index in [1.807, 2.05) is 0 Å². The predicted molar refractivity (Wildman–Crippen MR) is 74.5 cm³/mol. The van der Waals surface area contributed by atoms with E-state index in [2.05, 4.69) is 15.4 Å². The van der Waals surface area contributed by atoms with Gasteiger partial charge in [-0.15, -0.1) is 12.4 Å². The third kappa shape index (κ3) is 6.16. The highest BCUT2D eigenvalue weighted by molar-refractivity contribution is 5.92. The van der Waals surface area contributed by atoms with Crippen molar-refractivity contribution in [3.8, 4) is 5.75 Å². The lowest BCUT2D eigenvalue weighted by molar-refractivity contribution is -0.115. The summed E-state index contributed by atoms with van der Waals surface area (Å²) in [6.07, 6.45) is 2.47. The molecule has 0 heterocycles. The van der Waals surface area contributed by atoms with Crippen LogP contribution < -0.4 is 15.4 Å². The van der Waals surface area contributed by atoms with E-state index in [-0.39, 0.29) is 30.6 Å². The van der Waals surface area contributed by atoms with Crippen LogP contribution in [-0.4, -0.2) is 25.6 Å². The summed E-state index contributed by atoms with van der Waals surface area (Å²) >= 11 is 0. The summed E-state index contributed by atoms with van der Waals surface area (Å²) in [7, 11) is 0. The van der Waals surface area contributed by atoms with Gasteiger partial charge in [0.05, 0.1) is 6.54 Å². The largest absolute Gasteiger partial charge is 0.435 e. The van der Waals surface area contributed by atoms with Crippen molar-refractivity contribution in [3.63, 3.8) is 0 Å². The Morgan fingerprint density at radius 3 is 2.50 bits per heavy atom. The van der Waals surface area contributed by atoms with Crippen molar-refractivity contribution in [2.45, 2.75) is 19.5 Å². The van der Waals surface area contributed by atoms with Crippen molar-refractivity contribution in [2.24, 2.45) is 5.92 Å². The third-order valence-corrected chi connectivity index (χ3v) is 2.78. The first-order valence-electron chi connectivity index (χ1n) is 6.19. The highest BCUT2D eigenvalue weighted by atomic mass is 35.5. The smallest absolute Gasteiger partial charge is 0.387 e. The molecule has 4 nitrogen and oxygen atoms in total. The number of alkyl halides is 2. The molecule has 20 heavy (non-hydrogen) atoms. The first kappa shape index (κ1) is 16.7. The van der Waals surface area contributed by atoms with Gasteiger partial charge in [-0.2, -0.15) is 8.78 Å². The molecule has 0 bridgehead atoms. The fraction of sp³-hybridized carbons (Fsp3) is 0.462.